The van der Waals surface area contributed by atoms with E-state index < -0.39 is 0 Å². The number of rotatable bonds is 9. The second kappa shape index (κ2) is 11.0. The molecule has 35 heavy (non-hydrogen) atoms. The maximum absolute atomic E-state index is 12.6. The number of aryl methyl sites for hydroxylation is 2. The lowest BCUT2D eigenvalue weighted by atomic mass is 10.1. The Balaban J connectivity index is 1.28. The van der Waals surface area contributed by atoms with E-state index in [2.05, 4.69) is 16.5 Å². The molecule has 176 valence electrons. The Labute approximate surface area is 203 Å². The van der Waals surface area contributed by atoms with Crippen LogP contribution >= 0.6 is 0 Å². The first-order valence-corrected chi connectivity index (χ1v) is 11.2. The molecule has 7 heteroatoms. The lowest BCUT2D eigenvalue weighted by molar-refractivity contribution is -0.115. The third-order valence-electron chi connectivity index (χ3n) is 5.43. The molecule has 1 amide bonds. The van der Waals surface area contributed by atoms with Gasteiger partial charge in [-0.15, -0.1) is 0 Å². The maximum atomic E-state index is 12.6. The lowest BCUT2D eigenvalue weighted by Gasteiger charge is -2.10. The number of ether oxygens (including phenoxy) is 2. The largest absolute Gasteiger partial charge is 0.489 e. The fraction of sp³-hybridized carbons (Fsp3) is 0.179. The van der Waals surface area contributed by atoms with E-state index in [-0.39, 0.29) is 12.3 Å². The predicted molar refractivity (Wildman–Crippen MR) is 131 cm³/mol. The first-order valence-electron chi connectivity index (χ1n) is 11.2. The van der Waals surface area contributed by atoms with E-state index in [4.69, 9.17) is 19.3 Å². The highest BCUT2D eigenvalue weighted by Gasteiger charge is 2.10. The van der Waals surface area contributed by atoms with Crippen LogP contribution in [0.5, 0.6) is 11.5 Å². The van der Waals surface area contributed by atoms with Gasteiger partial charge < -0.3 is 19.3 Å². The van der Waals surface area contributed by atoms with Crippen LogP contribution in [-0.4, -0.2) is 11.1 Å². The van der Waals surface area contributed by atoms with Gasteiger partial charge in [-0.05, 0) is 61.4 Å². The molecule has 1 N–H and O–H groups in total. The predicted octanol–water partition coefficient (Wildman–Crippen LogP) is 5.50. The van der Waals surface area contributed by atoms with Crippen LogP contribution in [0.1, 0.15) is 33.7 Å². The minimum absolute atomic E-state index is 0.131. The van der Waals surface area contributed by atoms with Crippen LogP contribution in [0.2, 0.25) is 0 Å². The molecule has 0 unspecified atom stereocenters. The first kappa shape index (κ1) is 23.6. The van der Waals surface area contributed by atoms with Crippen LogP contribution in [0.3, 0.4) is 0 Å². The minimum Gasteiger partial charge on any atom is -0.489 e. The summed E-state index contributed by atoms with van der Waals surface area (Å²) in [6.45, 7) is 4.45. The number of carbonyl (C=O) groups is 1. The van der Waals surface area contributed by atoms with Crippen molar-refractivity contribution in [2.75, 3.05) is 5.32 Å². The summed E-state index contributed by atoms with van der Waals surface area (Å²) in [5.74, 6) is 1.95. The molecule has 4 rings (SSSR count). The van der Waals surface area contributed by atoms with Crippen molar-refractivity contribution in [1.29, 1.82) is 5.26 Å². The summed E-state index contributed by atoms with van der Waals surface area (Å²) in [7, 11) is 0. The van der Waals surface area contributed by atoms with E-state index in [1.807, 2.05) is 68.4 Å². The van der Waals surface area contributed by atoms with E-state index >= 15 is 0 Å². The molecule has 0 radical (unpaired) electrons. The molecule has 7 nitrogen and oxygen atoms in total. The zero-order valence-corrected chi connectivity index (χ0v) is 19.6. The molecule has 0 saturated heterocycles. The van der Waals surface area contributed by atoms with Crippen LogP contribution in [0, 0.1) is 25.2 Å². The number of benzene rings is 3. The molecule has 0 bridgehead atoms. The zero-order valence-electron chi connectivity index (χ0n) is 19.6. The molecule has 0 saturated carbocycles. The summed E-state index contributed by atoms with van der Waals surface area (Å²) in [6, 6.07) is 24.1. The first-order chi connectivity index (χ1) is 17.0. The number of nitrogens with zero attached hydrogens (tertiary/aromatic N) is 2. The number of hydrogen-bond donors (Lipinski definition) is 1. The molecule has 0 atom stereocenters. The van der Waals surface area contributed by atoms with Gasteiger partial charge in [0.1, 0.15) is 30.5 Å². The SMILES string of the molecule is Cc1noc(C)c1COc1ccc(CC(=O)Nc2cccc(OCc3cccc(C#N)c3)c2)cc1. The highest BCUT2D eigenvalue weighted by atomic mass is 16.5. The second-order valence-electron chi connectivity index (χ2n) is 8.09. The monoisotopic (exact) mass is 467 g/mol. The molecule has 4 aromatic rings. The Bertz CT molecular complexity index is 1330. The maximum Gasteiger partial charge on any atom is 0.228 e. The summed E-state index contributed by atoms with van der Waals surface area (Å²) in [5.41, 5.74) is 4.77. The van der Waals surface area contributed by atoms with Gasteiger partial charge in [-0.25, -0.2) is 0 Å². The standard InChI is InChI=1S/C28H25N3O4/c1-19-27(20(2)35-31-19)18-34-25-11-9-21(10-12-25)14-28(32)30-24-7-4-8-26(15-24)33-17-23-6-3-5-22(13-23)16-29/h3-13,15H,14,17-18H2,1-2H3,(H,30,32). The Kier molecular flexibility index (Phi) is 7.44. The number of aromatic nitrogens is 1. The van der Waals surface area contributed by atoms with E-state index in [0.29, 0.717) is 36.0 Å². The van der Waals surface area contributed by atoms with E-state index in [0.717, 1.165) is 28.1 Å². The Morgan fingerprint density at radius 1 is 0.943 bits per heavy atom. The second-order valence-corrected chi connectivity index (χ2v) is 8.09. The third-order valence-corrected chi connectivity index (χ3v) is 5.43. The van der Waals surface area contributed by atoms with Gasteiger partial charge in [-0.1, -0.05) is 35.5 Å². The zero-order chi connectivity index (χ0) is 24.6. The van der Waals surface area contributed by atoms with Crippen LogP contribution in [-0.2, 0) is 24.4 Å². The van der Waals surface area contributed by atoms with E-state index in [9.17, 15) is 4.79 Å². The summed E-state index contributed by atoms with van der Waals surface area (Å²) in [6.07, 6.45) is 0.232. The van der Waals surface area contributed by atoms with Gasteiger partial charge in [0.05, 0.1) is 29.3 Å². The fourth-order valence-electron chi connectivity index (χ4n) is 3.52. The lowest BCUT2D eigenvalue weighted by Crippen LogP contribution is -2.14. The van der Waals surface area contributed by atoms with Crippen molar-refractivity contribution in [2.24, 2.45) is 0 Å². The molecular formula is C28H25N3O4. The Hall–Kier alpha value is -4.57. The summed E-state index contributed by atoms with van der Waals surface area (Å²) in [4.78, 5) is 12.6. The average molecular weight is 468 g/mol. The van der Waals surface area contributed by atoms with Gasteiger partial charge in [-0.3, -0.25) is 4.79 Å². The van der Waals surface area contributed by atoms with Crippen molar-refractivity contribution in [3.63, 3.8) is 0 Å². The van der Waals surface area contributed by atoms with Gasteiger partial charge in [-0.2, -0.15) is 5.26 Å². The normalized spacial score (nSPS) is 10.4. The molecule has 1 heterocycles. The topological polar surface area (TPSA) is 97.4 Å². The smallest absolute Gasteiger partial charge is 0.228 e. The number of hydrogen-bond acceptors (Lipinski definition) is 6. The molecule has 1 aromatic heterocycles. The van der Waals surface area contributed by atoms with Gasteiger partial charge in [0.15, 0.2) is 0 Å². The van der Waals surface area contributed by atoms with Gasteiger partial charge in [0.25, 0.3) is 0 Å². The third kappa shape index (κ3) is 6.49. The number of anilines is 1. The molecule has 0 spiro atoms. The minimum atomic E-state index is -0.131. The van der Waals surface area contributed by atoms with Crippen molar-refractivity contribution in [2.45, 2.75) is 33.5 Å². The van der Waals surface area contributed by atoms with Crippen LogP contribution in [0.4, 0.5) is 5.69 Å². The number of nitrogens with one attached hydrogen (secondary N) is 1. The quantitative estimate of drug-likeness (QED) is 0.349. The molecule has 0 aliphatic rings. The van der Waals surface area contributed by atoms with Gasteiger partial charge in [0.2, 0.25) is 5.91 Å². The highest BCUT2D eigenvalue weighted by molar-refractivity contribution is 5.92. The molecule has 3 aromatic carbocycles. The molecule has 0 aliphatic carbocycles. The van der Waals surface area contributed by atoms with Crippen molar-refractivity contribution < 1.29 is 18.8 Å². The number of carbonyl (C=O) groups excluding carboxylic acids is 1. The number of nitriles is 1. The molecule has 0 aliphatic heterocycles. The van der Waals surface area contributed by atoms with E-state index in [1.54, 1.807) is 18.2 Å². The van der Waals surface area contributed by atoms with Crippen LogP contribution in [0.25, 0.3) is 0 Å². The van der Waals surface area contributed by atoms with E-state index in [1.165, 1.54) is 0 Å². The van der Waals surface area contributed by atoms with Gasteiger partial charge in [0, 0.05) is 11.8 Å². The summed E-state index contributed by atoms with van der Waals surface area (Å²) < 4.78 is 16.8. The van der Waals surface area contributed by atoms with Crippen LogP contribution in [0.15, 0.2) is 77.3 Å². The highest BCUT2D eigenvalue weighted by Crippen LogP contribution is 2.21. The van der Waals surface area contributed by atoms with Crippen molar-refractivity contribution >= 4 is 11.6 Å². The summed E-state index contributed by atoms with van der Waals surface area (Å²) >= 11 is 0. The fourth-order valence-corrected chi connectivity index (χ4v) is 3.52. The van der Waals surface area contributed by atoms with Crippen LogP contribution < -0.4 is 14.8 Å². The van der Waals surface area contributed by atoms with Gasteiger partial charge >= 0.3 is 0 Å². The van der Waals surface area contributed by atoms with Crippen molar-refractivity contribution in [3.05, 3.63) is 107 Å². The van der Waals surface area contributed by atoms with Crippen molar-refractivity contribution in [3.8, 4) is 17.6 Å². The Morgan fingerprint density at radius 3 is 2.46 bits per heavy atom. The molecule has 0 fully saturated rings. The van der Waals surface area contributed by atoms with Crippen molar-refractivity contribution in [1.82, 2.24) is 5.16 Å². The summed E-state index contributed by atoms with van der Waals surface area (Å²) in [5, 5.41) is 15.9. The number of amides is 1. The molecular weight excluding hydrogens is 442 g/mol. The Morgan fingerprint density at radius 2 is 1.71 bits per heavy atom. The average Bonchev–Trinajstić information content (AvgIpc) is 3.19.